The van der Waals surface area contributed by atoms with Gasteiger partial charge in [0.15, 0.2) is 0 Å². The Hall–Kier alpha value is 0. The highest BCUT2D eigenvalue weighted by Crippen LogP contribution is 2.39. The van der Waals surface area contributed by atoms with Crippen LogP contribution in [0.25, 0.3) is 0 Å². The molecule has 0 N–H and O–H groups in total. The zero-order valence-corrected chi connectivity index (χ0v) is 8.43. The van der Waals surface area contributed by atoms with Crippen molar-refractivity contribution in [2.45, 2.75) is 47.0 Å². The Morgan fingerprint density at radius 2 is 1.82 bits per heavy atom. The number of hydrogen-bond donors (Lipinski definition) is 0. The van der Waals surface area contributed by atoms with E-state index >= 15 is 0 Å². The Balaban J connectivity index is 2.34. The van der Waals surface area contributed by atoms with E-state index in [1.807, 2.05) is 0 Å². The summed E-state index contributed by atoms with van der Waals surface area (Å²) >= 11 is 0. The number of rotatable bonds is 2. The van der Waals surface area contributed by atoms with Gasteiger partial charge in [0.2, 0.25) is 0 Å². The van der Waals surface area contributed by atoms with Crippen LogP contribution in [0, 0.1) is 23.7 Å². The van der Waals surface area contributed by atoms with E-state index in [4.69, 9.17) is 0 Å². The Morgan fingerprint density at radius 1 is 1.18 bits per heavy atom. The van der Waals surface area contributed by atoms with Gasteiger partial charge in [-0.25, -0.2) is 0 Å². The molecule has 1 aliphatic carbocycles. The normalized spacial score (nSPS) is 38.5. The molecule has 0 spiro atoms. The van der Waals surface area contributed by atoms with Crippen molar-refractivity contribution in [2.75, 3.05) is 0 Å². The molecule has 1 aliphatic rings. The van der Waals surface area contributed by atoms with Crippen LogP contribution in [0.15, 0.2) is 0 Å². The van der Waals surface area contributed by atoms with Crippen molar-refractivity contribution in [1.29, 1.82) is 0 Å². The van der Waals surface area contributed by atoms with Crippen molar-refractivity contribution in [3.63, 3.8) is 0 Å². The predicted octanol–water partition coefficient (Wildman–Crippen LogP) is 3.71. The molecule has 0 radical (unpaired) electrons. The van der Waals surface area contributed by atoms with Crippen LogP contribution in [0.5, 0.6) is 0 Å². The fourth-order valence-corrected chi connectivity index (χ4v) is 2.61. The molecular formula is C11H22. The van der Waals surface area contributed by atoms with Crippen molar-refractivity contribution in [2.24, 2.45) is 23.7 Å². The average Bonchev–Trinajstić information content (AvgIpc) is 2.09. The van der Waals surface area contributed by atoms with Gasteiger partial charge in [-0.05, 0) is 42.9 Å². The molecule has 0 nitrogen and oxygen atoms in total. The summed E-state index contributed by atoms with van der Waals surface area (Å²) in [5.41, 5.74) is 0. The highest BCUT2D eigenvalue weighted by atomic mass is 14.3. The smallest absolute Gasteiger partial charge is 0.0383 e. The van der Waals surface area contributed by atoms with E-state index in [0.29, 0.717) is 0 Å². The largest absolute Gasteiger partial charge is 0.0628 e. The van der Waals surface area contributed by atoms with E-state index in [-0.39, 0.29) is 0 Å². The van der Waals surface area contributed by atoms with Gasteiger partial charge in [-0.1, -0.05) is 27.7 Å². The van der Waals surface area contributed by atoms with Gasteiger partial charge >= 0.3 is 0 Å². The second-order valence-electron chi connectivity index (χ2n) is 4.94. The molecule has 0 aromatic carbocycles. The molecule has 0 aromatic heterocycles. The van der Waals surface area contributed by atoms with Gasteiger partial charge in [0.1, 0.15) is 0 Å². The van der Waals surface area contributed by atoms with Gasteiger partial charge in [-0.15, -0.1) is 0 Å². The minimum absolute atomic E-state index is 0.896. The first-order valence-electron chi connectivity index (χ1n) is 5.09. The van der Waals surface area contributed by atoms with Gasteiger partial charge < -0.3 is 0 Å². The minimum atomic E-state index is 0.896. The Labute approximate surface area is 71.4 Å². The molecule has 3 atom stereocenters. The van der Waals surface area contributed by atoms with Crippen molar-refractivity contribution >= 4 is 0 Å². The van der Waals surface area contributed by atoms with Gasteiger partial charge in [-0.2, -0.15) is 0 Å². The molecule has 1 rings (SSSR count). The summed E-state index contributed by atoms with van der Waals surface area (Å²) in [7, 11) is 0. The quantitative estimate of drug-likeness (QED) is 0.568. The fourth-order valence-electron chi connectivity index (χ4n) is 2.61. The molecular weight excluding hydrogens is 132 g/mol. The van der Waals surface area contributed by atoms with Crippen LogP contribution in [0.1, 0.15) is 47.0 Å². The van der Waals surface area contributed by atoms with Gasteiger partial charge in [0.25, 0.3) is 0 Å². The van der Waals surface area contributed by atoms with E-state index in [2.05, 4.69) is 27.7 Å². The van der Waals surface area contributed by atoms with Crippen molar-refractivity contribution in [3.05, 3.63) is 0 Å². The topological polar surface area (TPSA) is 0 Å². The minimum Gasteiger partial charge on any atom is -0.0628 e. The summed E-state index contributed by atoms with van der Waals surface area (Å²) in [6, 6.07) is 0. The van der Waals surface area contributed by atoms with E-state index in [9.17, 15) is 0 Å². The summed E-state index contributed by atoms with van der Waals surface area (Å²) in [6.07, 6.45) is 4.40. The van der Waals surface area contributed by atoms with E-state index in [0.717, 1.165) is 23.7 Å². The highest BCUT2D eigenvalue weighted by Gasteiger charge is 2.28. The molecule has 1 fully saturated rings. The first kappa shape index (κ1) is 9.09. The third kappa shape index (κ3) is 2.50. The Bertz CT molecular complexity index is 115. The summed E-state index contributed by atoms with van der Waals surface area (Å²) in [5, 5.41) is 0. The zero-order chi connectivity index (χ0) is 8.43. The van der Waals surface area contributed by atoms with Crippen molar-refractivity contribution < 1.29 is 0 Å². The second kappa shape index (κ2) is 3.60. The van der Waals surface area contributed by atoms with Crippen molar-refractivity contribution in [1.82, 2.24) is 0 Å². The van der Waals surface area contributed by atoms with Gasteiger partial charge in [0.05, 0.1) is 0 Å². The second-order valence-corrected chi connectivity index (χ2v) is 4.94. The summed E-state index contributed by atoms with van der Waals surface area (Å²) < 4.78 is 0. The highest BCUT2D eigenvalue weighted by molar-refractivity contribution is 4.79. The molecule has 66 valence electrons. The third-order valence-electron chi connectivity index (χ3n) is 3.06. The molecule has 0 heterocycles. The van der Waals surface area contributed by atoms with Gasteiger partial charge in [0, 0.05) is 0 Å². The first-order chi connectivity index (χ1) is 5.09. The van der Waals surface area contributed by atoms with Crippen LogP contribution in [-0.4, -0.2) is 0 Å². The molecule has 1 saturated carbocycles. The van der Waals surface area contributed by atoms with Crippen LogP contribution in [-0.2, 0) is 0 Å². The van der Waals surface area contributed by atoms with Crippen LogP contribution in [0.3, 0.4) is 0 Å². The van der Waals surface area contributed by atoms with Crippen LogP contribution in [0.2, 0.25) is 0 Å². The van der Waals surface area contributed by atoms with Crippen LogP contribution < -0.4 is 0 Å². The summed E-state index contributed by atoms with van der Waals surface area (Å²) in [6.45, 7) is 9.51. The molecule has 0 aliphatic heterocycles. The number of hydrogen-bond acceptors (Lipinski definition) is 0. The predicted molar refractivity (Wildman–Crippen MR) is 50.5 cm³/mol. The fraction of sp³-hybridized carbons (Fsp3) is 1.00. The van der Waals surface area contributed by atoms with Crippen molar-refractivity contribution in [3.8, 4) is 0 Å². The summed E-state index contributed by atoms with van der Waals surface area (Å²) in [4.78, 5) is 0. The lowest BCUT2D eigenvalue weighted by Gasteiger charge is -2.16. The zero-order valence-electron chi connectivity index (χ0n) is 8.43. The molecule has 0 aromatic rings. The molecule has 0 heteroatoms. The lowest BCUT2D eigenvalue weighted by atomic mass is 9.89. The maximum absolute atomic E-state index is 2.43. The maximum Gasteiger partial charge on any atom is -0.0383 e. The maximum atomic E-state index is 2.43. The first-order valence-corrected chi connectivity index (χ1v) is 5.09. The Morgan fingerprint density at radius 3 is 2.18 bits per heavy atom. The molecule has 11 heavy (non-hydrogen) atoms. The monoisotopic (exact) mass is 154 g/mol. The van der Waals surface area contributed by atoms with Crippen LogP contribution in [0.4, 0.5) is 0 Å². The SMILES string of the molecule is CC(C)CC1CC(C)CC1C. The molecule has 0 saturated heterocycles. The summed E-state index contributed by atoms with van der Waals surface area (Å²) in [5.74, 6) is 3.92. The lowest BCUT2D eigenvalue weighted by molar-refractivity contribution is 0.342. The molecule has 0 amide bonds. The van der Waals surface area contributed by atoms with E-state index in [1.54, 1.807) is 0 Å². The standard InChI is InChI=1S/C11H22/c1-8(2)5-11-7-9(3)6-10(11)4/h8-11H,5-7H2,1-4H3. The van der Waals surface area contributed by atoms with E-state index < -0.39 is 0 Å². The average molecular weight is 154 g/mol. The third-order valence-corrected chi connectivity index (χ3v) is 3.06. The molecule has 3 unspecified atom stereocenters. The lowest BCUT2D eigenvalue weighted by Crippen LogP contribution is -2.06. The van der Waals surface area contributed by atoms with E-state index in [1.165, 1.54) is 19.3 Å². The Kier molecular flexibility index (Phi) is 2.98. The van der Waals surface area contributed by atoms with Gasteiger partial charge in [-0.3, -0.25) is 0 Å². The van der Waals surface area contributed by atoms with Crippen LogP contribution >= 0.6 is 0 Å². The molecule has 0 bridgehead atoms.